The van der Waals surface area contributed by atoms with Crippen LogP contribution in [-0.2, 0) is 11.0 Å². The molecule has 4 nitrogen and oxygen atoms in total. The van der Waals surface area contributed by atoms with Crippen LogP contribution < -0.4 is 0 Å². The Labute approximate surface area is 137 Å². The fraction of sp³-hybridized carbons (Fsp3) is 0.308. The fourth-order valence-electron chi connectivity index (χ4n) is 1.42. The Kier molecular flexibility index (Phi) is 4.71. The third-order valence-corrected chi connectivity index (χ3v) is 5.21. The van der Waals surface area contributed by atoms with Crippen molar-refractivity contribution in [2.75, 3.05) is 0 Å². The van der Waals surface area contributed by atoms with Gasteiger partial charge < -0.3 is 0 Å². The van der Waals surface area contributed by atoms with E-state index in [0.29, 0.717) is 10.3 Å². The first-order valence-electron chi connectivity index (χ1n) is 5.86. The van der Waals surface area contributed by atoms with Gasteiger partial charge in [0.15, 0.2) is 0 Å². The van der Waals surface area contributed by atoms with Crippen LogP contribution in [0.2, 0.25) is 0 Å². The first kappa shape index (κ1) is 15.7. The second kappa shape index (κ2) is 5.99. The minimum atomic E-state index is -1.31. The number of hydrogen-bond acceptors (Lipinski definition) is 3. The number of rotatable bonds is 2. The molecule has 2 rings (SSSR count). The van der Waals surface area contributed by atoms with Crippen molar-refractivity contribution in [3.63, 3.8) is 0 Å². The van der Waals surface area contributed by atoms with Crippen molar-refractivity contribution in [3.8, 4) is 0 Å². The zero-order valence-corrected chi connectivity index (χ0v) is 15.2. The molecule has 0 aliphatic carbocycles. The van der Waals surface area contributed by atoms with Crippen molar-refractivity contribution in [3.05, 3.63) is 33.1 Å². The summed E-state index contributed by atoms with van der Waals surface area (Å²) < 4.78 is 17.1. The molecule has 0 saturated heterocycles. The predicted octanol–water partition coefficient (Wildman–Crippen LogP) is 4.04. The smallest absolute Gasteiger partial charge is 0.144 e. The highest BCUT2D eigenvalue weighted by Gasteiger charge is 2.18. The second-order valence-electron chi connectivity index (χ2n) is 5.10. The van der Waals surface area contributed by atoms with Gasteiger partial charge in [0.25, 0.3) is 0 Å². The molecule has 2 aromatic rings. The van der Waals surface area contributed by atoms with Crippen LogP contribution in [0.3, 0.4) is 0 Å². The van der Waals surface area contributed by atoms with E-state index in [1.165, 1.54) is 6.21 Å². The zero-order valence-electron chi connectivity index (χ0n) is 11.2. The summed E-state index contributed by atoms with van der Waals surface area (Å²) in [5.41, 5.74) is 1.39. The standard InChI is InChI=1S/C13H13Br2N3OS/c1-13(2,3)20(19)17-7-9-10(14)11-8(12(15)18-9)5-4-6-16-11/h4-7H,1-3H3/t20-/m0/s1. The number of aromatic nitrogens is 2. The van der Waals surface area contributed by atoms with Gasteiger partial charge in [-0.15, -0.1) is 0 Å². The molecule has 2 heterocycles. The molecule has 0 aliphatic heterocycles. The average Bonchev–Trinajstić information content (AvgIpc) is 2.40. The van der Waals surface area contributed by atoms with E-state index in [2.05, 4.69) is 46.2 Å². The van der Waals surface area contributed by atoms with Gasteiger partial charge in [0.1, 0.15) is 15.6 Å². The summed E-state index contributed by atoms with van der Waals surface area (Å²) in [7, 11) is -1.31. The summed E-state index contributed by atoms with van der Waals surface area (Å²) in [5, 5.41) is 0.911. The highest BCUT2D eigenvalue weighted by Crippen LogP contribution is 2.29. The van der Waals surface area contributed by atoms with E-state index >= 15 is 0 Å². The Morgan fingerprint density at radius 2 is 2.05 bits per heavy atom. The summed E-state index contributed by atoms with van der Waals surface area (Å²) >= 11 is 6.90. The minimum Gasteiger partial charge on any atom is -0.255 e. The molecule has 1 atom stereocenters. The van der Waals surface area contributed by atoms with Gasteiger partial charge >= 0.3 is 0 Å². The lowest BCUT2D eigenvalue weighted by Crippen LogP contribution is -2.19. The normalized spacial score (nSPS) is 14.1. The van der Waals surface area contributed by atoms with Gasteiger partial charge in [-0.3, -0.25) is 4.98 Å². The first-order chi connectivity index (χ1) is 9.30. The van der Waals surface area contributed by atoms with Crippen LogP contribution in [0.1, 0.15) is 26.5 Å². The highest BCUT2D eigenvalue weighted by atomic mass is 79.9. The largest absolute Gasteiger partial charge is 0.255 e. The third kappa shape index (κ3) is 3.32. The lowest BCUT2D eigenvalue weighted by molar-refractivity contribution is 0.651. The summed E-state index contributed by atoms with van der Waals surface area (Å²) in [5.74, 6) is 0. The molecule has 0 N–H and O–H groups in total. The van der Waals surface area contributed by atoms with Crippen LogP contribution in [0, 0.1) is 0 Å². The van der Waals surface area contributed by atoms with E-state index in [4.69, 9.17) is 0 Å². The van der Waals surface area contributed by atoms with E-state index < -0.39 is 15.7 Å². The summed E-state index contributed by atoms with van der Waals surface area (Å²) in [4.78, 5) is 8.72. The number of hydrogen-bond donors (Lipinski definition) is 0. The molecule has 0 aromatic carbocycles. The van der Waals surface area contributed by atoms with Gasteiger partial charge in [-0.25, -0.2) is 9.19 Å². The molecule has 0 amide bonds. The Morgan fingerprint density at radius 3 is 2.70 bits per heavy atom. The van der Waals surface area contributed by atoms with Crippen molar-refractivity contribution in [1.82, 2.24) is 9.97 Å². The van der Waals surface area contributed by atoms with E-state index in [1.807, 2.05) is 32.9 Å². The molecular weight excluding hydrogens is 406 g/mol. The van der Waals surface area contributed by atoms with Crippen molar-refractivity contribution in [1.29, 1.82) is 0 Å². The summed E-state index contributed by atoms with van der Waals surface area (Å²) in [6.07, 6.45) is 3.23. The van der Waals surface area contributed by atoms with Crippen LogP contribution >= 0.6 is 31.9 Å². The number of nitrogens with zero attached hydrogens (tertiary/aromatic N) is 3. The molecule has 0 unspecified atom stereocenters. The number of halogens is 2. The van der Waals surface area contributed by atoms with Crippen molar-refractivity contribution in [2.24, 2.45) is 4.40 Å². The molecule has 7 heteroatoms. The van der Waals surface area contributed by atoms with E-state index in [0.717, 1.165) is 15.4 Å². The van der Waals surface area contributed by atoms with Gasteiger partial charge in [0.05, 0.1) is 26.6 Å². The van der Waals surface area contributed by atoms with E-state index in [1.54, 1.807) is 6.20 Å². The number of fused-ring (bicyclic) bond motifs is 1. The molecule has 0 aliphatic rings. The zero-order chi connectivity index (χ0) is 14.9. The third-order valence-electron chi connectivity index (χ3n) is 2.48. The van der Waals surface area contributed by atoms with Gasteiger partial charge in [0.2, 0.25) is 0 Å². The Morgan fingerprint density at radius 1 is 1.35 bits per heavy atom. The van der Waals surface area contributed by atoms with E-state index in [9.17, 15) is 4.21 Å². The van der Waals surface area contributed by atoms with Crippen LogP contribution in [-0.4, -0.2) is 25.1 Å². The Bertz CT molecular complexity index is 711. The van der Waals surface area contributed by atoms with Crippen molar-refractivity contribution in [2.45, 2.75) is 25.5 Å². The van der Waals surface area contributed by atoms with Gasteiger partial charge in [0, 0.05) is 11.6 Å². The molecule has 0 fully saturated rings. The van der Waals surface area contributed by atoms with E-state index in [-0.39, 0.29) is 0 Å². The summed E-state index contributed by atoms with van der Waals surface area (Å²) in [6, 6.07) is 3.78. The topological polar surface area (TPSA) is 55.2 Å². The van der Waals surface area contributed by atoms with Gasteiger partial charge in [-0.1, -0.05) is 0 Å². The molecular formula is C13H13Br2N3OS. The highest BCUT2D eigenvalue weighted by molar-refractivity contribution is 9.11. The van der Waals surface area contributed by atoms with Crippen LogP contribution in [0.15, 0.2) is 31.8 Å². The van der Waals surface area contributed by atoms with Crippen LogP contribution in [0.25, 0.3) is 10.9 Å². The first-order valence-corrected chi connectivity index (χ1v) is 8.56. The quantitative estimate of drug-likeness (QED) is 0.546. The van der Waals surface area contributed by atoms with Gasteiger partial charge in [-0.2, -0.15) is 4.40 Å². The molecule has 0 saturated carbocycles. The van der Waals surface area contributed by atoms with Crippen LogP contribution in [0.4, 0.5) is 0 Å². The van der Waals surface area contributed by atoms with Crippen molar-refractivity contribution >= 4 is 60.0 Å². The van der Waals surface area contributed by atoms with Gasteiger partial charge in [-0.05, 0) is 64.8 Å². The maximum Gasteiger partial charge on any atom is 0.144 e. The lowest BCUT2D eigenvalue weighted by Gasteiger charge is -2.12. The molecule has 0 radical (unpaired) electrons. The van der Waals surface area contributed by atoms with Crippen molar-refractivity contribution < 1.29 is 4.21 Å². The second-order valence-corrected chi connectivity index (χ2v) is 8.58. The lowest BCUT2D eigenvalue weighted by atomic mass is 10.2. The molecule has 0 bridgehead atoms. The molecule has 0 spiro atoms. The molecule has 20 heavy (non-hydrogen) atoms. The SMILES string of the molecule is CC(C)(C)[S@](=O)N=Cc1nc(Br)c2cccnc2c1Br. The minimum absolute atomic E-state index is 0.394. The fourth-order valence-corrected chi connectivity index (χ4v) is 2.95. The number of pyridine rings is 2. The monoisotopic (exact) mass is 417 g/mol. The Hall–Kier alpha value is -0.660. The maximum atomic E-state index is 11.9. The van der Waals surface area contributed by atoms with Crippen LogP contribution in [0.5, 0.6) is 0 Å². The Balaban J connectivity index is 2.49. The average molecular weight is 419 g/mol. The summed E-state index contributed by atoms with van der Waals surface area (Å²) in [6.45, 7) is 5.63. The molecule has 106 valence electrons. The molecule has 2 aromatic heterocycles. The maximum absolute atomic E-state index is 11.9. The predicted molar refractivity (Wildman–Crippen MR) is 90.4 cm³/mol.